The molecule has 6 nitrogen and oxygen atoms in total. The van der Waals surface area contributed by atoms with Crippen LogP contribution in [0.15, 0.2) is 0 Å². The van der Waals surface area contributed by atoms with Gasteiger partial charge in [-0.05, 0) is 25.2 Å². The minimum absolute atomic E-state index is 0.215. The summed E-state index contributed by atoms with van der Waals surface area (Å²) in [7, 11) is 0. The molecule has 1 unspecified atom stereocenters. The highest BCUT2D eigenvalue weighted by atomic mass is 16.2. The molecule has 2 rings (SSSR count). The van der Waals surface area contributed by atoms with Gasteiger partial charge < -0.3 is 5.32 Å². The van der Waals surface area contributed by atoms with Gasteiger partial charge in [-0.25, -0.2) is 0 Å². The molecule has 0 radical (unpaired) electrons. The van der Waals surface area contributed by atoms with Gasteiger partial charge in [0.2, 0.25) is 17.7 Å². The van der Waals surface area contributed by atoms with E-state index in [1.165, 1.54) is 0 Å². The Bertz CT molecular complexity index is 446. The number of nitriles is 1. The van der Waals surface area contributed by atoms with Crippen molar-refractivity contribution in [1.29, 1.82) is 5.26 Å². The third kappa shape index (κ3) is 2.08. The van der Waals surface area contributed by atoms with E-state index in [0.29, 0.717) is 25.2 Å². The van der Waals surface area contributed by atoms with Gasteiger partial charge in [-0.15, -0.1) is 0 Å². The topological polar surface area (TPSA) is 99.1 Å². The van der Waals surface area contributed by atoms with E-state index in [1.807, 2.05) is 13.0 Å². The van der Waals surface area contributed by atoms with Gasteiger partial charge in [-0.1, -0.05) is 6.92 Å². The average molecular weight is 249 g/mol. The Balaban J connectivity index is 1.98. The second kappa shape index (κ2) is 4.41. The first-order chi connectivity index (χ1) is 8.47. The number of hydrogen-bond donors (Lipinski definition) is 2. The van der Waals surface area contributed by atoms with Crippen molar-refractivity contribution in [2.24, 2.45) is 11.3 Å². The fourth-order valence-corrected chi connectivity index (χ4v) is 2.59. The molecule has 2 fully saturated rings. The minimum atomic E-state index is -0.985. The van der Waals surface area contributed by atoms with Crippen LogP contribution in [-0.2, 0) is 14.4 Å². The molecule has 1 atom stereocenters. The number of hydrogen-bond acceptors (Lipinski definition) is 4. The van der Waals surface area contributed by atoms with Gasteiger partial charge in [0, 0.05) is 6.42 Å². The van der Waals surface area contributed by atoms with Crippen molar-refractivity contribution in [1.82, 2.24) is 10.6 Å². The van der Waals surface area contributed by atoms with Crippen LogP contribution in [-0.4, -0.2) is 23.8 Å². The van der Waals surface area contributed by atoms with Crippen LogP contribution in [0.4, 0.5) is 0 Å². The second-order valence-corrected chi connectivity index (χ2v) is 5.18. The van der Waals surface area contributed by atoms with Crippen molar-refractivity contribution in [2.45, 2.75) is 38.6 Å². The average Bonchev–Trinajstić information content (AvgIpc) is 2.28. The first kappa shape index (κ1) is 12.6. The lowest BCUT2D eigenvalue weighted by atomic mass is 9.63. The van der Waals surface area contributed by atoms with Crippen LogP contribution in [0.5, 0.6) is 0 Å². The second-order valence-electron chi connectivity index (χ2n) is 5.18. The van der Waals surface area contributed by atoms with E-state index in [2.05, 4.69) is 10.6 Å². The summed E-state index contributed by atoms with van der Waals surface area (Å²) in [5.41, 5.74) is -0.985. The van der Waals surface area contributed by atoms with E-state index in [4.69, 9.17) is 5.26 Å². The number of piperidine rings is 1. The van der Waals surface area contributed by atoms with Crippen molar-refractivity contribution in [3.8, 4) is 6.07 Å². The van der Waals surface area contributed by atoms with E-state index in [0.717, 1.165) is 0 Å². The van der Waals surface area contributed by atoms with E-state index in [1.54, 1.807) is 0 Å². The summed E-state index contributed by atoms with van der Waals surface area (Å²) in [4.78, 5) is 34.5. The molecule has 1 saturated carbocycles. The molecule has 2 aliphatic rings. The molecule has 96 valence electrons. The summed E-state index contributed by atoms with van der Waals surface area (Å²) in [6.07, 6.45) is 1.57. The first-order valence-corrected chi connectivity index (χ1v) is 6.03. The fourth-order valence-electron chi connectivity index (χ4n) is 2.59. The first-order valence-electron chi connectivity index (χ1n) is 6.03. The third-order valence-electron chi connectivity index (χ3n) is 3.59. The van der Waals surface area contributed by atoms with Crippen LogP contribution in [0, 0.1) is 22.7 Å². The van der Waals surface area contributed by atoms with Gasteiger partial charge in [0.15, 0.2) is 0 Å². The molecule has 0 bridgehead atoms. The van der Waals surface area contributed by atoms with E-state index in [-0.39, 0.29) is 12.3 Å². The monoisotopic (exact) mass is 249 g/mol. The van der Waals surface area contributed by atoms with Crippen molar-refractivity contribution < 1.29 is 14.4 Å². The fraction of sp³-hybridized carbons (Fsp3) is 0.667. The molecule has 0 aromatic rings. The van der Waals surface area contributed by atoms with Crippen molar-refractivity contribution >= 4 is 17.7 Å². The van der Waals surface area contributed by atoms with Gasteiger partial charge in [0.05, 0.1) is 6.07 Å². The number of nitrogens with one attached hydrogen (secondary N) is 2. The molecule has 0 aromatic carbocycles. The van der Waals surface area contributed by atoms with Crippen LogP contribution < -0.4 is 10.6 Å². The Kier molecular flexibility index (Phi) is 3.07. The molecule has 1 heterocycles. The van der Waals surface area contributed by atoms with E-state index < -0.39 is 23.3 Å². The molecule has 2 N–H and O–H groups in total. The molecular formula is C12H15N3O3. The highest BCUT2D eigenvalue weighted by molar-refractivity contribution is 6.02. The summed E-state index contributed by atoms with van der Waals surface area (Å²) < 4.78 is 0. The third-order valence-corrected chi connectivity index (χ3v) is 3.59. The molecule has 0 aromatic heterocycles. The summed E-state index contributed by atoms with van der Waals surface area (Å²) in [5, 5.41) is 13.8. The Hall–Kier alpha value is -1.90. The summed E-state index contributed by atoms with van der Waals surface area (Å²) in [5.74, 6) is -0.840. The highest BCUT2D eigenvalue weighted by Crippen LogP contribution is 2.45. The van der Waals surface area contributed by atoms with Crippen LogP contribution in [0.1, 0.15) is 32.6 Å². The van der Waals surface area contributed by atoms with Crippen LogP contribution in [0.2, 0.25) is 0 Å². The smallest absolute Gasteiger partial charge is 0.249 e. The van der Waals surface area contributed by atoms with Gasteiger partial charge >= 0.3 is 0 Å². The van der Waals surface area contributed by atoms with Gasteiger partial charge in [0.1, 0.15) is 11.5 Å². The quantitative estimate of drug-likeness (QED) is 0.665. The predicted octanol–water partition coefficient (Wildman–Crippen LogP) is -0.152. The Morgan fingerprint density at radius 2 is 2.17 bits per heavy atom. The Morgan fingerprint density at radius 3 is 2.67 bits per heavy atom. The number of nitrogens with zero attached hydrogens (tertiary/aromatic N) is 1. The number of amides is 3. The van der Waals surface area contributed by atoms with Crippen LogP contribution >= 0.6 is 0 Å². The SMILES string of the molecule is CC1CC(C#N)(C(=O)NC2CCC(=O)NC2=O)C1. The summed E-state index contributed by atoms with van der Waals surface area (Å²) >= 11 is 0. The molecule has 1 aliphatic carbocycles. The summed E-state index contributed by atoms with van der Waals surface area (Å²) in [6.45, 7) is 1.98. The lowest BCUT2D eigenvalue weighted by Crippen LogP contribution is -2.57. The lowest BCUT2D eigenvalue weighted by molar-refractivity contribution is -0.141. The maximum absolute atomic E-state index is 12.0. The Labute approximate surface area is 105 Å². The maximum atomic E-state index is 12.0. The lowest BCUT2D eigenvalue weighted by Gasteiger charge is -2.40. The number of carbonyl (C=O) groups excluding carboxylic acids is 3. The predicted molar refractivity (Wildman–Crippen MR) is 60.8 cm³/mol. The minimum Gasteiger partial charge on any atom is -0.343 e. The van der Waals surface area contributed by atoms with E-state index >= 15 is 0 Å². The summed E-state index contributed by atoms with van der Waals surface area (Å²) in [6, 6.07) is 1.35. The molecule has 0 spiro atoms. The molecule has 6 heteroatoms. The molecule has 18 heavy (non-hydrogen) atoms. The zero-order valence-electron chi connectivity index (χ0n) is 10.2. The zero-order chi connectivity index (χ0) is 13.3. The van der Waals surface area contributed by atoms with Gasteiger partial charge in [-0.3, -0.25) is 19.7 Å². The molecular weight excluding hydrogens is 234 g/mol. The molecule has 3 amide bonds. The van der Waals surface area contributed by atoms with Gasteiger partial charge in [0.25, 0.3) is 0 Å². The zero-order valence-corrected chi connectivity index (χ0v) is 10.2. The van der Waals surface area contributed by atoms with E-state index in [9.17, 15) is 14.4 Å². The van der Waals surface area contributed by atoms with Crippen molar-refractivity contribution in [3.05, 3.63) is 0 Å². The number of rotatable bonds is 2. The number of imide groups is 1. The van der Waals surface area contributed by atoms with Crippen molar-refractivity contribution in [3.63, 3.8) is 0 Å². The number of carbonyl (C=O) groups is 3. The van der Waals surface area contributed by atoms with Crippen molar-refractivity contribution in [2.75, 3.05) is 0 Å². The molecule has 1 aliphatic heterocycles. The standard InChI is InChI=1S/C12H15N3O3/c1-7-4-12(5-7,6-13)11(18)14-8-2-3-9(16)15-10(8)17/h7-8H,2-5H2,1H3,(H,14,18)(H,15,16,17). The highest BCUT2D eigenvalue weighted by Gasteiger charge is 2.49. The largest absolute Gasteiger partial charge is 0.343 e. The Morgan fingerprint density at radius 1 is 1.50 bits per heavy atom. The normalized spacial score (nSPS) is 35.1. The maximum Gasteiger partial charge on any atom is 0.249 e. The van der Waals surface area contributed by atoms with Gasteiger partial charge in [-0.2, -0.15) is 5.26 Å². The van der Waals surface area contributed by atoms with Crippen LogP contribution in [0.3, 0.4) is 0 Å². The molecule has 1 saturated heterocycles. The van der Waals surface area contributed by atoms with Crippen LogP contribution in [0.25, 0.3) is 0 Å².